The minimum absolute atomic E-state index is 0.600. The summed E-state index contributed by atoms with van der Waals surface area (Å²) in [5.74, 6) is 0.600. The first-order valence-corrected chi connectivity index (χ1v) is 16.5. The number of fused-ring (bicyclic) bond motifs is 8. The van der Waals surface area contributed by atoms with Gasteiger partial charge in [-0.25, -0.2) is 4.98 Å². The molecule has 0 saturated heterocycles. The minimum Gasteiger partial charge on any atom is -0.456 e. The number of benzene rings is 8. The summed E-state index contributed by atoms with van der Waals surface area (Å²) in [6, 6.07) is 59.4. The second-order valence-electron chi connectivity index (χ2n) is 12.4. The van der Waals surface area contributed by atoms with Gasteiger partial charge in [0.25, 0.3) is 0 Å². The van der Waals surface area contributed by atoms with Crippen LogP contribution in [0.4, 0.5) is 17.1 Å². The van der Waals surface area contributed by atoms with E-state index in [0.717, 1.165) is 55.7 Å². The molecule has 10 rings (SSSR count). The fourth-order valence-corrected chi connectivity index (χ4v) is 7.09. The van der Waals surface area contributed by atoms with Crippen LogP contribution in [0.3, 0.4) is 0 Å². The number of furan rings is 1. The van der Waals surface area contributed by atoms with E-state index in [0.29, 0.717) is 5.89 Å². The highest BCUT2D eigenvalue weighted by Crippen LogP contribution is 2.42. The van der Waals surface area contributed by atoms with Gasteiger partial charge in [0.2, 0.25) is 5.89 Å². The summed E-state index contributed by atoms with van der Waals surface area (Å²) in [5, 5.41) is 6.85. The van der Waals surface area contributed by atoms with Crippen LogP contribution >= 0.6 is 0 Å². The summed E-state index contributed by atoms with van der Waals surface area (Å²) in [6.45, 7) is 0. The van der Waals surface area contributed by atoms with Crippen molar-refractivity contribution in [2.24, 2.45) is 0 Å². The van der Waals surface area contributed by atoms with Crippen LogP contribution in [0.2, 0.25) is 0 Å². The third-order valence-corrected chi connectivity index (χ3v) is 9.48. The van der Waals surface area contributed by atoms with Crippen molar-refractivity contribution in [2.45, 2.75) is 0 Å². The summed E-state index contributed by atoms with van der Waals surface area (Å²) >= 11 is 0. The van der Waals surface area contributed by atoms with Crippen molar-refractivity contribution in [3.63, 3.8) is 0 Å². The smallest absolute Gasteiger partial charge is 0.227 e. The fraction of sp³-hybridized carbons (Fsp3) is 0. The highest BCUT2D eigenvalue weighted by molar-refractivity contribution is 6.17. The Hall–Kier alpha value is -6.65. The maximum Gasteiger partial charge on any atom is 0.227 e. The molecule has 0 aliphatic carbocycles. The molecule has 0 amide bonds. The molecule has 0 bridgehead atoms. The zero-order valence-corrected chi connectivity index (χ0v) is 26.4. The molecule has 0 atom stereocenters. The predicted molar refractivity (Wildman–Crippen MR) is 202 cm³/mol. The summed E-state index contributed by atoms with van der Waals surface area (Å²) in [7, 11) is 0. The van der Waals surface area contributed by atoms with Crippen LogP contribution in [-0.4, -0.2) is 4.98 Å². The Morgan fingerprint density at radius 2 is 1.00 bits per heavy atom. The van der Waals surface area contributed by atoms with Crippen molar-refractivity contribution in [3.05, 3.63) is 170 Å². The summed E-state index contributed by atoms with van der Waals surface area (Å²) < 4.78 is 12.7. The van der Waals surface area contributed by atoms with Crippen LogP contribution in [0, 0.1) is 0 Å². The van der Waals surface area contributed by atoms with Crippen molar-refractivity contribution in [2.75, 3.05) is 4.90 Å². The van der Waals surface area contributed by atoms with Crippen LogP contribution in [-0.2, 0) is 0 Å². The molecule has 49 heavy (non-hydrogen) atoms. The van der Waals surface area contributed by atoms with E-state index in [4.69, 9.17) is 13.8 Å². The van der Waals surface area contributed by atoms with Gasteiger partial charge in [0.15, 0.2) is 5.58 Å². The molecule has 2 aromatic heterocycles. The molecule has 0 unspecified atom stereocenters. The van der Waals surface area contributed by atoms with Crippen LogP contribution < -0.4 is 4.90 Å². The van der Waals surface area contributed by atoms with Crippen LogP contribution in [0.25, 0.3) is 77.2 Å². The molecule has 4 heteroatoms. The topological polar surface area (TPSA) is 42.4 Å². The van der Waals surface area contributed by atoms with Crippen LogP contribution in [0.1, 0.15) is 0 Å². The Morgan fingerprint density at radius 3 is 1.82 bits per heavy atom. The van der Waals surface area contributed by atoms with Gasteiger partial charge in [-0.1, -0.05) is 103 Å². The third kappa shape index (κ3) is 4.57. The second kappa shape index (κ2) is 11.0. The second-order valence-corrected chi connectivity index (χ2v) is 12.4. The number of oxazole rings is 1. The molecule has 0 fully saturated rings. The summed E-state index contributed by atoms with van der Waals surface area (Å²) in [4.78, 5) is 7.24. The standard InChI is InChI=1S/C45H28N2O2/c1-3-9-29(10-4-1)30-17-20-34(21-18-30)47(35-22-19-32-16-15-31-11-7-8-14-37(31)39(32)27-35)36-23-24-38-42(28-36)48-40-25-26-41-44(43(38)40)46-45(49-41)33-12-5-2-6-13-33/h1-28H. The maximum absolute atomic E-state index is 6.53. The summed E-state index contributed by atoms with van der Waals surface area (Å²) in [5.41, 5.74) is 9.55. The van der Waals surface area contributed by atoms with Crippen molar-refractivity contribution in [1.29, 1.82) is 0 Å². The molecule has 230 valence electrons. The largest absolute Gasteiger partial charge is 0.456 e. The van der Waals surface area contributed by atoms with E-state index in [1.807, 2.05) is 48.5 Å². The fourth-order valence-electron chi connectivity index (χ4n) is 7.09. The minimum atomic E-state index is 0.600. The Morgan fingerprint density at radius 1 is 0.388 bits per heavy atom. The van der Waals surface area contributed by atoms with E-state index in [-0.39, 0.29) is 0 Å². The average molecular weight is 629 g/mol. The van der Waals surface area contributed by atoms with Gasteiger partial charge in [0.1, 0.15) is 16.7 Å². The Bertz CT molecular complexity index is 2820. The average Bonchev–Trinajstić information content (AvgIpc) is 3.77. The lowest BCUT2D eigenvalue weighted by atomic mass is 10.0. The SMILES string of the molecule is c1ccc(-c2ccc(N(c3ccc4c(c3)oc3ccc5oc(-c6ccccc6)nc5c34)c3ccc4ccc5ccccc5c4c3)cc2)cc1. The lowest BCUT2D eigenvalue weighted by molar-refractivity contribution is 0.619. The molecule has 0 spiro atoms. The van der Waals surface area contributed by atoms with E-state index in [1.54, 1.807) is 0 Å². The van der Waals surface area contributed by atoms with Gasteiger partial charge in [-0.05, 0) is 93.3 Å². The van der Waals surface area contributed by atoms with Gasteiger partial charge in [-0.3, -0.25) is 0 Å². The first-order valence-electron chi connectivity index (χ1n) is 16.5. The monoisotopic (exact) mass is 628 g/mol. The van der Waals surface area contributed by atoms with Gasteiger partial charge in [0, 0.05) is 34.1 Å². The molecule has 10 aromatic rings. The van der Waals surface area contributed by atoms with Gasteiger partial charge < -0.3 is 13.7 Å². The van der Waals surface area contributed by atoms with Crippen molar-refractivity contribution >= 4 is 71.6 Å². The predicted octanol–water partition coefficient (Wildman–Crippen LogP) is 12.8. The first-order chi connectivity index (χ1) is 24.3. The van der Waals surface area contributed by atoms with E-state index in [9.17, 15) is 0 Å². The number of anilines is 3. The molecule has 0 aliphatic rings. The van der Waals surface area contributed by atoms with E-state index >= 15 is 0 Å². The molecule has 0 radical (unpaired) electrons. The Labute approximate surface area is 282 Å². The molecular formula is C45H28N2O2. The van der Waals surface area contributed by atoms with E-state index < -0.39 is 0 Å². The zero-order valence-electron chi connectivity index (χ0n) is 26.4. The number of hydrogen-bond acceptors (Lipinski definition) is 4. The Kier molecular flexibility index (Phi) is 6.15. The number of hydrogen-bond donors (Lipinski definition) is 0. The molecule has 0 aliphatic heterocycles. The lowest BCUT2D eigenvalue weighted by Crippen LogP contribution is -2.09. The molecule has 0 N–H and O–H groups in total. The lowest BCUT2D eigenvalue weighted by Gasteiger charge is -2.26. The van der Waals surface area contributed by atoms with Crippen LogP contribution in [0.15, 0.2) is 179 Å². The van der Waals surface area contributed by atoms with Gasteiger partial charge in [-0.15, -0.1) is 0 Å². The molecule has 4 nitrogen and oxygen atoms in total. The molecule has 0 saturated carbocycles. The number of aromatic nitrogens is 1. The highest BCUT2D eigenvalue weighted by Gasteiger charge is 2.20. The number of rotatable bonds is 5. The van der Waals surface area contributed by atoms with E-state index in [2.05, 4.69) is 126 Å². The van der Waals surface area contributed by atoms with Crippen LogP contribution in [0.5, 0.6) is 0 Å². The van der Waals surface area contributed by atoms with Crippen molar-refractivity contribution < 1.29 is 8.83 Å². The molecule has 2 heterocycles. The van der Waals surface area contributed by atoms with E-state index in [1.165, 1.54) is 32.7 Å². The quantitative estimate of drug-likeness (QED) is 0.178. The zero-order chi connectivity index (χ0) is 32.3. The van der Waals surface area contributed by atoms with Gasteiger partial charge in [-0.2, -0.15) is 0 Å². The Balaban J connectivity index is 1.15. The van der Waals surface area contributed by atoms with Gasteiger partial charge in [0.05, 0.1) is 5.39 Å². The third-order valence-electron chi connectivity index (χ3n) is 9.48. The van der Waals surface area contributed by atoms with Crippen molar-refractivity contribution in [1.82, 2.24) is 4.98 Å². The summed E-state index contributed by atoms with van der Waals surface area (Å²) in [6.07, 6.45) is 0. The normalized spacial score (nSPS) is 11.7. The highest BCUT2D eigenvalue weighted by atomic mass is 16.4. The number of nitrogens with zero attached hydrogens (tertiary/aromatic N) is 2. The van der Waals surface area contributed by atoms with Gasteiger partial charge >= 0.3 is 0 Å². The molecule has 8 aromatic carbocycles. The molecular weight excluding hydrogens is 601 g/mol. The first kappa shape index (κ1) is 27.5. The van der Waals surface area contributed by atoms with Crippen molar-refractivity contribution in [3.8, 4) is 22.6 Å². The maximum atomic E-state index is 6.53.